The van der Waals surface area contributed by atoms with Crippen LogP contribution in [0.1, 0.15) is 11.1 Å². The van der Waals surface area contributed by atoms with E-state index >= 15 is 0 Å². The van der Waals surface area contributed by atoms with Gasteiger partial charge in [0.15, 0.2) is 11.5 Å². The molecule has 0 aromatic heterocycles. The number of nitrogens with one attached hydrogen (secondary N) is 1. The molecular formula is C17H13F4NO3. The molecule has 0 bridgehead atoms. The van der Waals surface area contributed by atoms with E-state index in [2.05, 4.69) is 5.32 Å². The zero-order valence-electron chi connectivity index (χ0n) is 12.8. The molecule has 1 aliphatic heterocycles. The van der Waals surface area contributed by atoms with Gasteiger partial charge in [0, 0.05) is 5.69 Å². The summed E-state index contributed by atoms with van der Waals surface area (Å²) in [5.74, 6) is -0.838. The Kier molecular flexibility index (Phi) is 4.52. The zero-order chi connectivity index (χ0) is 18.0. The van der Waals surface area contributed by atoms with Crippen molar-refractivity contribution in [2.45, 2.75) is 12.6 Å². The molecule has 0 saturated carbocycles. The van der Waals surface area contributed by atoms with E-state index in [4.69, 9.17) is 9.47 Å². The smallest absolute Gasteiger partial charge is 0.419 e. The van der Waals surface area contributed by atoms with Gasteiger partial charge in [-0.15, -0.1) is 0 Å². The molecule has 0 unspecified atom stereocenters. The lowest BCUT2D eigenvalue weighted by atomic mass is 10.1. The second-order valence-electron chi connectivity index (χ2n) is 5.40. The van der Waals surface area contributed by atoms with Crippen LogP contribution in [0.4, 0.5) is 23.2 Å². The van der Waals surface area contributed by atoms with E-state index in [0.29, 0.717) is 42.4 Å². The number of amides is 1. The molecule has 1 heterocycles. The second-order valence-corrected chi connectivity index (χ2v) is 5.40. The topological polar surface area (TPSA) is 47.6 Å². The van der Waals surface area contributed by atoms with Crippen molar-refractivity contribution < 1.29 is 31.8 Å². The molecule has 25 heavy (non-hydrogen) atoms. The van der Waals surface area contributed by atoms with Crippen LogP contribution >= 0.6 is 0 Å². The molecule has 3 rings (SSSR count). The third-order valence-electron chi connectivity index (χ3n) is 3.53. The summed E-state index contributed by atoms with van der Waals surface area (Å²) in [6.45, 7) is 0.845. The summed E-state index contributed by atoms with van der Waals surface area (Å²) in [6.07, 6.45) is -4.91. The van der Waals surface area contributed by atoms with Crippen LogP contribution in [-0.4, -0.2) is 19.1 Å². The first kappa shape index (κ1) is 17.1. The summed E-state index contributed by atoms with van der Waals surface area (Å²) >= 11 is 0. The van der Waals surface area contributed by atoms with E-state index in [1.165, 1.54) is 0 Å². The van der Waals surface area contributed by atoms with Gasteiger partial charge in [-0.25, -0.2) is 4.39 Å². The van der Waals surface area contributed by atoms with Gasteiger partial charge in [-0.2, -0.15) is 13.2 Å². The zero-order valence-corrected chi connectivity index (χ0v) is 12.8. The lowest BCUT2D eigenvalue weighted by molar-refractivity contribution is -0.140. The molecule has 1 N–H and O–H groups in total. The van der Waals surface area contributed by atoms with Gasteiger partial charge in [0.25, 0.3) is 0 Å². The van der Waals surface area contributed by atoms with Crippen LogP contribution < -0.4 is 14.8 Å². The van der Waals surface area contributed by atoms with Gasteiger partial charge in [0.2, 0.25) is 5.91 Å². The van der Waals surface area contributed by atoms with E-state index in [9.17, 15) is 22.4 Å². The monoisotopic (exact) mass is 355 g/mol. The highest BCUT2D eigenvalue weighted by Gasteiger charge is 2.34. The van der Waals surface area contributed by atoms with Crippen LogP contribution in [0.2, 0.25) is 0 Å². The van der Waals surface area contributed by atoms with Crippen LogP contribution in [0, 0.1) is 5.82 Å². The first-order valence-corrected chi connectivity index (χ1v) is 7.38. The van der Waals surface area contributed by atoms with Crippen molar-refractivity contribution in [3.63, 3.8) is 0 Å². The van der Waals surface area contributed by atoms with Gasteiger partial charge in [0.1, 0.15) is 19.0 Å². The van der Waals surface area contributed by atoms with Gasteiger partial charge < -0.3 is 14.8 Å². The molecule has 0 radical (unpaired) electrons. The van der Waals surface area contributed by atoms with E-state index in [0.717, 1.165) is 6.07 Å². The molecule has 8 heteroatoms. The SMILES string of the molecule is O=C(Cc1ccc2c(c1)OCCO2)Nc1ccc(F)c(C(F)(F)F)c1. The third kappa shape index (κ3) is 4.01. The highest BCUT2D eigenvalue weighted by Crippen LogP contribution is 2.33. The lowest BCUT2D eigenvalue weighted by Crippen LogP contribution is -2.17. The van der Waals surface area contributed by atoms with Gasteiger partial charge >= 0.3 is 6.18 Å². The fourth-order valence-corrected chi connectivity index (χ4v) is 2.41. The van der Waals surface area contributed by atoms with Crippen molar-refractivity contribution in [2.24, 2.45) is 0 Å². The molecule has 4 nitrogen and oxygen atoms in total. The van der Waals surface area contributed by atoms with E-state index in [-0.39, 0.29) is 12.1 Å². The fourth-order valence-electron chi connectivity index (χ4n) is 2.41. The Morgan fingerprint density at radius 3 is 2.48 bits per heavy atom. The molecule has 2 aromatic carbocycles. The Hall–Kier alpha value is -2.77. The number of alkyl halides is 3. The number of carbonyl (C=O) groups is 1. The summed E-state index contributed by atoms with van der Waals surface area (Å²) in [5.41, 5.74) is -0.944. The number of hydrogen-bond donors (Lipinski definition) is 1. The van der Waals surface area contributed by atoms with E-state index in [1.54, 1.807) is 18.2 Å². The van der Waals surface area contributed by atoms with Gasteiger partial charge in [-0.1, -0.05) is 6.07 Å². The van der Waals surface area contributed by atoms with Crippen LogP contribution in [0.15, 0.2) is 36.4 Å². The van der Waals surface area contributed by atoms with Crippen molar-refractivity contribution in [3.8, 4) is 11.5 Å². The average molecular weight is 355 g/mol. The number of anilines is 1. The fraction of sp³-hybridized carbons (Fsp3) is 0.235. The van der Waals surface area contributed by atoms with Crippen molar-refractivity contribution >= 4 is 11.6 Å². The standard InChI is InChI=1S/C17H13F4NO3/c18-13-3-2-11(9-12(13)17(19,20)21)22-16(23)8-10-1-4-14-15(7-10)25-6-5-24-14/h1-4,7,9H,5-6,8H2,(H,22,23). The number of halogens is 4. The number of rotatable bonds is 3. The Bertz CT molecular complexity index is 805. The quantitative estimate of drug-likeness (QED) is 0.852. The van der Waals surface area contributed by atoms with E-state index in [1.807, 2.05) is 0 Å². The minimum Gasteiger partial charge on any atom is -0.486 e. The normalized spacial score (nSPS) is 13.4. The number of benzene rings is 2. The largest absolute Gasteiger partial charge is 0.486 e. The Morgan fingerprint density at radius 1 is 1.04 bits per heavy atom. The predicted octanol–water partition coefficient (Wildman–Crippen LogP) is 3.80. The van der Waals surface area contributed by atoms with Crippen molar-refractivity contribution in [1.29, 1.82) is 0 Å². The van der Waals surface area contributed by atoms with Crippen molar-refractivity contribution in [2.75, 3.05) is 18.5 Å². The number of carbonyl (C=O) groups excluding carboxylic acids is 1. The molecular weight excluding hydrogens is 342 g/mol. The Morgan fingerprint density at radius 2 is 1.76 bits per heavy atom. The lowest BCUT2D eigenvalue weighted by Gasteiger charge is -2.18. The molecule has 0 fully saturated rings. The molecule has 0 spiro atoms. The predicted molar refractivity (Wildman–Crippen MR) is 81.2 cm³/mol. The minimum absolute atomic E-state index is 0.0740. The van der Waals surface area contributed by atoms with Gasteiger partial charge in [-0.05, 0) is 35.9 Å². The maximum Gasteiger partial charge on any atom is 0.419 e. The third-order valence-corrected chi connectivity index (χ3v) is 3.53. The first-order valence-electron chi connectivity index (χ1n) is 7.38. The van der Waals surface area contributed by atoms with Crippen LogP contribution in [0.5, 0.6) is 11.5 Å². The van der Waals surface area contributed by atoms with Crippen LogP contribution in [0.3, 0.4) is 0 Å². The molecule has 2 aromatic rings. The molecule has 132 valence electrons. The molecule has 0 aliphatic carbocycles. The summed E-state index contributed by atoms with van der Waals surface area (Å²) in [7, 11) is 0. The highest BCUT2D eigenvalue weighted by molar-refractivity contribution is 5.92. The highest BCUT2D eigenvalue weighted by atomic mass is 19.4. The summed E-state index contributed by atoms with van der Waals surface area (Å²) in [6, 6.07) is 7.28. The maximum atomic E-state index is 13.3. The van der Waals surface area contributed by atoms with Crippen molar-refractivity contribution in [3.05, 3.63) is 53.3 Å². The number of ether oxygens (including phenoxy) is 2. The van der Waals surface area contributed by atoms with E-state index < -0.39 is 23.5 Å². The number of hydrogen-bond acceptors (Lipinski definition) is 3. The Labute approximate surface area is 140 Å². The van der Waals surface area contributed by atoms with Crippen molar-refractivity contribution in [1.82, 2.24) is 0 Å². The number of fused-ring (bicyclic) bond motifs is 1. The summed E-state index contributed by atoms with van der Waals surface area (Å²) < 4.78 is 62.1. The molecule has 1 aliphatic rings. The summed E-state index contributed by atoms with van der Waals surface area (Å²) in [4.78, 5) is 12.0. The van der Waals surface area contributed by atoms with Gasteiger partial charge in [0.05, 0.1) is 12.0 Å². The Balaban J connectivity index is 1.71. The average Bonchev–Trinajstić information content (AvgIpc) is 2.55. The minimum atomic E-state index is -4.83. The van der Waals surface area contributed by atoms with Gasteiger partial charge in [-0.3, -0.25) is 4.79 Å². The molecule has 0 atom stereocenters. The van der Waals surface area contributed by atoms with Crippen LogP contribution in [-0.2, 0) is 17.4 Å². The molecule has 0 saturated heterocycles. The first-order chi connectivity index (χ1) is 11.8. The second kappa shape index (κ2) is 6.62. The maximum absolute atomic E-state index is 13.3. The molecule has 1 amide bonds. The summed E-state index contributed by atoms with van der Waals surface area (Å²) in [5, 5.41) is 2.33. The van der Waals surface area contributed by atoms with Crippen LogP contribution in [0.25, 0.3) is 0 Å².